The molecular formula is C60H64N6O. The van der Waals surface area contributed by atoms with Crippen molar-refractivity contribution in [1.29, 1.82) is 5.26 Å². The van der Waals surface area contributed by atoms with E-state index in [1.165, 1.54) is 94.3 Å². The molecule has 0 amide bonds. The third-order valence-corrected chi connectivity index (χ3v) is 16.1. The molecule has 12 rings (SSSR count). The number of allylic oxidation sites excluding steroid dienone is 11. The van der Waals surface area contributed by atoms with Gasteiger partial charge >= 0.3 is 0 Å². The maximum atomic E-state index is 11.6. The Balaban J connectivity index is 1.12. The highest BCUT2D eigenvalue weighted by molar-refractivity contribution is 5.97. The van der Waals surface area contributed by atoms with Crippen LogP contribution in [0.5, 0.6) is 0 Å². The number of hydrogen-bond donors (Lipinski definition) is 3. The summed E-state index contributed by atoms with van der Waals surface area (Å²) < 4.78 is 12.1. The van der Waals surface area contributed by atoms with Gasteiger partial charge in [0.25, 0.3) is 0 Å². The quantitative estimate of drug-likeness (QED) is 0.164. The molecule has 7 heteroatoms. The molecule has 0 bridgehead atoms. The van der Waals surface area contributed by atoms with E-state index in [0.717, 1.165) is 72.8 Å². The van der Waals surface area contributed by atoms with Crippen LogP contribution in [0.1, 0.15) is 149 Å². The summed E-state index contributed by atoms with van der Waals surface area (Å²) in [6.45, 7) is 18.6. The van der Waals surface area contributed by atoms with Gasteiger partial charge in [-0.2, -0.15) is 5.26 Å². The molecule has 7 nitrogen and oxygen atoms in total. The van der Waals surface area contributed by atoms with Crippen LogP contribution in [0, 0.1) is 37.0 Å². The number of rotatable bonds is 5. The molecule has 1 aliphatic heterocycles. The van der Waals surface area contributed by atoms with Crippen molar-refractivity contribution in [1.82, 2.24) is 25.1 Å². The summed E-state index contributed by atoms with van der Waals surface area (Å²) in [6, 6.07) is 14.1. The number of para-hydroxylation sites is 1. The molecule has 5 aromatic rings. The summed E-state index contributed by atoms with van der Waals surface area (Å²) in [7, 11) is 0. The summed E-state index contributed by atoms with van der Waals surface area (Å²) in [4.78, 5) is 0. The minimum absolute atomic E-state index is 0.0955. The fourth-order valence-corrected chi connectivity index (χ4v) is 13.6. The number of nitriles is 1. The SMILES string of the molecule is CC1=Cc2c3c(n(C4CC(n5c6c(c7cc(C)cc(C)c75)CC(C)C=C6C)=C(C#N)C=C4C4NC(C5=CC=CCC5)NC(c5cccc6c7c(oc56)=CCCC=7)N4)c2C(C)C1)C(C)=CC(C)C3. The van der Waals surface area contributed by atoms with Crippen LogP contribution in [-0.2, 0) is 12.8 Å². The lowest BCUT2D eigenvalue weighted by molar-refractivity contribution is 0.228. The number of hydrogen-bond acceptors (Lipinski definition) is 5. The van der Waals surface area contributed by atoms with Crippen molar-refractivity contribution in [3.8, 4) is 6.07 Å². The first kappa shape index (κ1) is 42.4. The second-order valence-electron chi connectivity index (χ2n) is 21.2. The maximum absolute atomic E-state index is 11.6. The van der Waals surface area contributed by atoms with E-state index in [4.69, 9.17) is 4.42 Å². The van der Waals surface area contributed by atoms with Gasteiger partial charge in [-0.15, -0.1) is 0 Å². The molecule has 7 unspecified atom stereocenters. The molecule has 6 aliphatic carbocycles. The van der Waals surface area contributed by atoms with Crippen molar-refractivity contribution in [2.45, 2.75) is 137 Å². The van der Waals surface area contributed by atoms with Crippen molar-refractivity contribution in [2.75, 3.05) is 0 Å². The standard InChI is InChI=1S/C60H64N6O/c1-32-21-36(5)53-45(25-32)46-26-33(2)22-37(6)54(46)65(53)50-30-51(66-55-38(7)23-34(3)27-47(55)48-28-35(4)24-39(8)56(48)66)49(29-41(50)31-61)60-63-58(40-15-10-9-11-16-40)62-59(64-60)44-19-14-18-43-42-17-12-13-20-52(42)67-57(43)44/h9-10,14-15,17-23,25,28-29,33-34,39,51,58-60,62-64H,11-13,16,24,26-27,30H2,1-8H3. The van der Waals surface area contributed by atoms with Crippen LogP contribution >= 0.6 is 0 Å². The average Bonchev–Trinajstić information content (AvgIpc) is 3.97. The zero-order chi connectivity index (χ0) is 46.0. The van der Waals surface area contributed by atoms with Crippen molar-refractivity contribution in [3.63, 3.8) is 0 Å². The first-order chi connectivity index (χ1) is 32.4. The normalized spacial score (nSPS) is 26.9. The molecule has 2 aromatic carbocycles. The van der Waals surface area contributed by atoms with Gasteiger partial charge in [-0.25, -0.2) is 0 Å². The van der Waals surface area contributed by atoms with Gasteiger partial charge in [0.15, 0.2) is 0 Å². The maximum Gasteiger partial charge on any atom is 0.141 e. The Bertz CT molecular complexity index is 3370. The van der Waals surface area contributed by atoms with Gasteiger partial charge in [0.2, 0.25) is 0 Å². The van der Waals surface area contributed by atoms with Gasteiger partial charge in [-0.1, -0.05) is 98.7 Å². The molecule has 3 N–H and O–H groups in total. The molecule has 0 saturated carbocycles. The third kappa shape index (κ3) is 6.77. The Hall–Kier alpha value is -5.91. The second-order valence-corrected chi connectivity index (χ2v) is 21.2. The molecule has 67 heavy (non-hydrogen) atoms. The van der Waals surface area contributed by atoms with Crippen molar-refractivity contribution in [3.05, 3.63) is 150 Å². The monoisotopic (exact) mass is 885 g/mol. The predicted molar refractivity (Wildman–Crippen MR) is 276 cm³/mol. The van der Waals surface area contributed by atoms with Crippen LogP contribution in [-0.4, -0.2) is 21.5 Å². The Morgan fingerprint density at radius 1 is 0.776 bits per heavy atom. The topological polar surface area (TPSA) is 82.9 Å². The Morgan fingerprint density at radius 3 is 2.33 bits per heavy atom. The number of nitrogens with zero attached hydrogens (tertiary/aromatic N) is 3. The van der Waals surface area contributed by atoms with E-state index in [2.05, 4.69) is 172 Å². The molecule has 1 saturated heterocycles. The summed E-state index contributed by atoms with van der Waals surface area (Å²) in [5, 5.41) is 27.7. The van der Waals surface area contributed by atoms with Crippen LogP contribution in [0.15, 0.2) is 93.5 Å². The van der Waals surface area contributed by atoms with Gasteiger partial charge < -0.3 is 13.6 Å². The number of benzene rings is 2. The summed E-state index contributed by atoms with van der Waals surface area (Å²) in [5.74, 6) is 1.23. The van der Waals surface area contributed by atoms with Crippen molar-refractivity contribution < 1.29 is 4.42 Å². The molecule has 0 spiro atoms. The molecule has 4 heterocycles. The Labute approximate surface area is 395 Å². The highest BCUT2D eigenvalue weighted by atomic mass is 16.3. The smallest absolute Gasteiger partial charge is 0.141 e. The van der Waals surface area contributed by atoms with Crippen LogP contribution < -0.4 is 26.6 Å². The molecule has 7 atom stereocenters. The summed E-state index contributed by atoms with van der Waals surface area (Å²) >= 11 is 0. The van der Waals surface area contributed by atoms with E-state index >= 15 is 0 Å². The summed E-state index contributed by atoms with van der Waals surface area (Å²) in [6.07, 6.45) is 28.2. The number of furan rings is 1. The fraction of sp³-hybridized carbons (Fsp3) is 0.383. The second kappa shape index (κ2) is 16.1. The third-order valence-electron chi connectivity index (χ3n) is 16.1. The number of aryl methyl sites for hydroxylation is 2. The zero-order valence-corrected chi connectivity index (χ0v) is 40.5. The van der Waals surface area contributed by atoms with Crippen LogP contribution in [0.2, 0.25) is 0 Å². The minimum Gasteiger partial charge on any atom is -0.456 e. The Kier molecular flexibility index (Phi) is 10.2. The molecular weight excluding hydrogens is 821 g/mol. The highest BCUT2D eigenvalue weighted by Crippen LogP contribution is 2.51. The summed E-state index contributed by atoms with van der Waals surface area (Å²) in [5.41, 5.74) is 23.6. The van der Waals surface area contributed by atoms with E-state index in [1.807, 2.05) is 0 Å². The van der Waals surface area contributed by atoms with E-state index in [1.54, 1.807) is 0 Å². The molecule has 1 fully saturated rings. The van der Waals surface area contributed by atoms with E-state index in [-0.39, 0.29) is 24.5 Å². The van der Waals surface area contributed by atoms with Crippen LogP contribution in [0.25, 0.3) is 56.9 Å². The predicted octanol–water partition coefficient (Wildman–Crippen LogP) is 12.0. The molecule has 340 valence electrons. The van der Waals surface area contributed by atoms with E-state index in [9.17, 15) is 5.26 Å². The fourth-order valence-electron chi connectivity index (χ4n) is 13.6. The number of fused-ring (bicyclic) bond motifs is 9. The largest absolute Gasteiger partial charge is 0.456 e. The number of aromatic nitrogens is 2. The van der Waals surface area contributed by atoms with Crippen LogP contribution in [0.4, 0.5) is 0 Å². The Morgan fingerprint density at radius 2 is 1.54 bits per heavy atom. The minimum atomic E-state index is -0.283. The van der Waals surface area contributed by atoms with Crippen molar-refractivity contribution in [2.24, 2.45) is 11.8 Å². The molecule has 3 aromatic heterocycles. The lowest BCUT2D eigenvalue weighted by atomic mass is 9.84. The van der Waals surface area contributed by atoms with Gasteiger partial charge in [-0.05, 0) is 154 Å². The molecule has 7 aliphatic rings. The lowest BCUT2D eigenvalue weighted by Crippen LogP contribution is -2.65. The highest BCUT2D eigenvalue weighted by Gasteiger charge is 2.42. The van der Waals surface area contributed by atoms with Crippen molar-refractivity contribution >= 4 is 56.9 Å². The first-order valence-electron chi connectivity index (χ1n) is 25.1. The van der Waals surface area contributed by atoms with Gasteiger partial charge in [0, 0.05) is 51.0 Å². The van der Waals surface area contributed by atoms with Crippen LogP contribution in [0.3, 0.4) is 0 Å². The van der Waals surface area contributed by atoms with Gasteiger partial charge in [0.1, 0.15) is 17.1 Å². The van der Waals surface area contributed by atoms with Gasteiger partial charge in [-0.3, -0.25) is 16.0 Å². The zero-order valence-electron chi connectivity index (χ0n) is 40.5. The first-order valence-corrected chi connectivity index (χ1v) is 25.1. The molecule has 0 radical (unpaired) electrons. The lowest BCUT2D eigenvalue weighted by Gasteiger charge is -2.44. The number of nitrogens with one attached hydrogen (secondary N) is 3. The van der Waals surface area contributed by atoms with E-state index < -0.39 is 0 Å². The van der Waals surface area contributed by atoms with Gasteiger partial charge in [0.05, 0.1) is 41.3 Å². The van der Waals surface area contributed by atoms with E-state index in [0.29, 0.717) is 24.2 Å². The average molecular weight is 885 g/mol.